The average Bonchev–Trinajstić information content (AvgIpc) is 3.32. The summed E-state index contributed by atoms with van der Waals surface area (Å²) >= 11 is 0. The molecule has 8 heteroatoms. The van der Waals surface area contributed by atoms with Crippen molar-refractivity contribution in [3.63, 3.8) is 0 Å². The smallest absolute Gasteiger partial charge is 0.465 e. The lowest BCUT2D eigenvalue weighted by atomic mass is 9.79. The van der Waals surface area contributed by atoms with Crippen molar-refractivity contribution >= 4 is 29.7 Å². The SMILES string of the molecule is CC1(C)OB(c2ccc3nc(C4CC5CCCCC5N4C(=O)O)[nH]c3c2)OC1(C)C. The number of fused-ring (bicyclic) bond motifs is 2. The molecule has 0 spiro atoms. The van der Waals surface area contributed by atoms with Gasteiger partial charge in [-0.25, -0.2) is 9.78 Å². The highest BCUT2D eigenvalue weighted by molar-refractivity contribution is 6.62. The molecule has 5 rings (SSSR count). The Bertz CT molecular complexity index is 972. The maximum absolute atomic E-state index is 12.1. The van der Waals surface area contributed by atoms with E-state index in [1.54, 1.807) is 4.90 Å². The highest BCUT2D eigenvalue weighted by Crippen LogP contribution is 2.45. The van der Waals surface area contributed by atoms with Gasteiger partial charge in [0, 0.05) is 6.04 Å². The molecule has 2 saturated heterocycles. The van der Waals surface area contributed by atoms with Gasteiger partial charge in [0.05, 0.1) is 28.3 Å². The number of hydrogen-bond acceptors (Lipinski definition) is 4. The first kappa shape index (κ1) is 19.9. The second-order valence-corrected chi connectivity index (χ2v) is 10.0. The Morgan fingerprint density at radius 3 is 2.60 bits per heavy atom. The van der Waals surface area contributed by atoms with Crippen molar-refractivity contribution in [3.05, 3.63) is 24.0 Å². The Balaban J connectivity index is 1.45. The zero-order chi connectivity index (χ0) is 21.3. The molecule has 3 atom stereocenters. The fourth-order valence-electron chi connectivity index (χ4n) is 5.31. The second kappa shape index (κ2) is 6.72. The largest absolute Gasteiger partial charge is 0.494 e. The molecule has 1 aliphatic carbocycles. The molecule has 2 aliphatic heterocycles. The van der Waals surface area contributed by atoms with Gasteiger partial charge in [-0.2, -0.15) is 0 Å². The van der Waals surface area contributed by atoms with Gasteiger partial charge in [-0.05, 0) is 70.5 Å². The Hall–Kier alpha value is -2.06. The number of rotatable bonds is 2. The van der Waals surface area contributed by atoms with Crippen LogP contribution in [-0.4, -0.2) is 50.4 Å². The van der Waals surface area contributed by atoms with E-state index < -0.39 is 24.4 Å². The van der Waals surface area contributed by atoms with Gasteiger partial charge in [0.1, 0.15) is 5.82 Å². The molecule has 0 bridgehead atoms. The number of likely N-dealkylation sites (tertiary alicyclic amines) is 1. The van der Waals surface area contributed by atoms with Gasteiger partial charge in [0.25, 0.3) is 0 Å². The van der Waals surface area contributed by atoms with Crippen molar-refractivity contribution in [1.82, 2.24) is 14.9 Å². The first-order valence-corrected chi connectivity index (χ1v) is 11.0. The lowest BCUT2D eigenvalue weighted by Crippen LogP contribution is -2.41. The molecule has 3 fully saturated rings. The van der Waals surface area contributed by atoms with Crippen molar-refractivity contribution < 1.29 is 19.2 Å². The molecule has 7 nitrogen and oxygen atoms in total. The molecule has 1 aromatic carbocycles. The maximum Gasteiger partial charge on any atom is 0.494 e. The van der Waals surface area contributed by atoms with E-state index in [1.807, 2.05) is 45.9 Å². The van der Waals surface area contributed by atoms with E-state index in [0.29, 0.717) is 5.92 Å². The normalized spacial score (nSPS) is 30.1. The Kier molecular flexibility index (Phi) is 4.45. The number of aromatic nitrogens is 2. The van der Waals surface area contributed by atoms with E-state index in [1.165, 1.54) is 6.42 Å². The summed E-state index contributed by atoms with van der Waals surface area (Å²) < 4.78 is 12.4. The lowest BCUT2D eigenvalue weighted by molar-refractivity contribution is 0.00578. The summed E-state index contributed by atoms with van der Waals surface area (Å²) in [4.78, 5) is 21.9. The minimum atomic E-state index is -0.840. The van der Waals surface area contributed by atoms with Crippen LogP contribution in [0.2, 0.25) is 0 Å². The van der Waals surface area contributed by atoms with Gasteiger partial charge < -0.3 is 19.4 Å². The van der Waals surface area contributed by atoms with Gasteiger partial charge in [-0.1, -0.05) is 18.9 Å². The molecule has 160 valence electrons. The van der Waals surface area contributed by atoms with E-state index in [0.717, 1.165) is 48.0 Å². The Morgan fingerprint density at radius 1 is 1.20 bits per heavy atom. The average molecular weight is 411 g/mol. The summed E-state index contributed by atoms with van der Waals surface area (Å²) in [5, 5.41) is 9.90. The predicted molar refractivity (Wildman–Crippen MR) is 115 cm³/mol. The molecule has 2 aromatic rings. The Morgan fingerprint density at radius 2 is 1.90 bits per heavy atom. The molecule has 30 heavy (non-hydrogen) atoms. The van der Waals surface area contributed by atoms with Crippen LogP contribution >= 0.6 is 0 Å². The molecule has 0 radical (unpaired) electrons. The number of amides is 1. The van der Waals surface area contributed by atoms with Crippen LogP contribution in [0.5, 0.6) is 0 Å². The number of benzene rings is 1. The molecule has 3 unspecified atom stereocenters. The number of carbonyl (C=O) groups is 1. The summed E-state index contributed by atoms with van der Waals surface area (Å²) in [7, 11) is -0.434. The van der Waals surface area contributed by atoms with E-state index in [2.05, 4.69) is 4.98 Å². The summed E-state index contributed by atoms with van der Waals surface area (Å²) in [5.41, 5.74) is 1.87. The number of aromatic amines is 1. The third kappa shape index (κ3) is 3.03. The summed E-state index contributed by atoms with van der Waals surface area (Å²) in [5.74, 6) is 1.18. The predicted octanol–water partition coefficient (Wildman–Crippen LogP) is 3.85. The molecule has 3 heterocycles. The summed E-state index contributed by atoms with van der Waals surface area (Å²) in [6, 6.07) is 5.88. The van der Waals surface area contributed by atoms with Gasteiger partial charge in [0.2, 0.25) is 0 Å². The number of imidazole rings is 1. The van der Waals surface area contributed by atoms with E-state index in [9.17, 15) is 9.90 Å². The van der Waals surface area contributed by atoms with Crippen molar-refractivity contribution in [1.29, 1.82) is 0 Å². The molecular weight excluding hydrogens is 381 g/mol. The first-order chi connectivity index (χ1) is 14.2. The zero-order valence-corrected chi connectivity index (χ0v) is 18.1. The summed E-state index contributed by atoms with van der Waals surface area (Å²) in [6.45, 7) is 8.17. The third-order valence-electron chi connectivity index (χ3n) is 7.67. The van der Waals surface area contributed by atoms with Crippen LogP contribution < -0.4 is 5.46 Å². The van der Waals surface area contributed by atoms with Crippen LogP contribution in [0, 0.1) is 5.92 Å². The summed E-state index contributed by atoms with van der Waals surface area (Å²) in [6.07, 6.45) is 4.37. The molecular formula is C22H30BN3O4. The maximum atomic E-state index is 12.1. The van der Waals surface area contributed by atoms with E-state index >= 15 is 0 Å². The van der Waals surface area contributed by atoms with Crippen molar-refractivity contribution in [3.8, 4) is 0 Å². The van der Waals surface area contributed by atoms with Crippen LogP contribution in [0.15, 0.2) is 18.2 Å². The first-order valence-electron chi connectivity index (χ1n) is 11.0. The van der Waals surface area contributed by atoms with Crippen LogP contribution in [-0.2, 0) is 9.31 Å². The zero-order valence-electron chi connectivity index (χ0n) is 18.1. The van der Waals surface area contributed by atoms with Gasteiger partial charge in [-0.15, -0.1) is 0 Å². The fourth-order valence-corrected chi connectivity index (χ4v) is 5.31. The monoisotopic (exact) mass is 411 g/mol. The fraction of sp³-hybridized carbons (Fsp3) is 0.636. The quantitative estimate of drug-likeness (QED) is 0.734. The standard InChI is InChI=1S/C22H30BN3O4/c1-21(2)22(3,4)30-23(29-21)14-9-10-15-16(12-14)25-19(24-15)18-11-13-7-5-6-8-17(13)26(18)20(27)28/h9-10,12-13,17-18H,5-8,11H2,1-4H3,(H,24,25)(H,27,28). The highest BCUT2D eigenvalue weighted by atomic mass is 16.7. The number of H-pyrrole nitrogens is 1. The van der Waals surface area contributed by atoms with Crippen molar-refractivity contribution in [2.45, 2.75) is 83.1 Å². The van der Waals surface area contributed by atoms with Crippen LogP contribution in [0.4, 0.5) is 4.79 Å². The lowest BCUT2D eigenvalue weighted by Gasteiger charge is -2.32. The highest BCUT2D eigenvalue weighted by Gasteiger charge is 2.52. The van der Waals surface area contributed by atoms with Gasteiger partial charge in [-0.3, -0.25) is 4.90 Å². The molecule has 2 N–H and O–H groups in total. The van der Waals surface area contributed by atoms with Crippen molar-refractivity contribution in [2.24, 2.45) is 5.92 Å². The van der Waals surface area contributed by atoms with Crippen LogP contribution in [0.1, 0.15) is 71.7 Å². The van der Waals surface area contributed by atoms with Gasteiger partial charge in [0.15, 0.2) is 0 Å². The van der Waals surface area contributed by atoms with Crippen molar-refractivity contribution in [2.75, 3.05) is 0 Å². The molecule has 1 aromatic heterocycles. The second-order valence-electron chi connectivity index (χ2n) is 10.0. The minimum absolute atomic E-state index is 0.120. The number of nitrogens with one attached hydrogen (secondary N) is 1. The van der Waals surface area contributed by atoms with Gasteiger partial charge >= 0.3 is 13.2 Å². The number of hydrogen-bond donors (Lipinski definition) is 2. The van der Waals surface area contributed by atoms with Crippen LogP contribution in [0.3, 0.4) is 0 Å². The molecule has 1 saturated carbocycles. The van der Waals surface area contributed by atoms with E-state index in [4.69, 9.17) is 14.3 Å². The number of carboxylic acid groups (broad SMARTS) is 1. The third-order valence-corrected chi connectivity index (χ3v) is 7.67. The van der Waals surface area contributed by atoms with Crippen LogP contribution in [0.25, 0.3) is 11.0 Å². The Labute approximate surface area is 177 Å². The molecule has 1 amide bonds. The molecule has 3 aliphatic rings. The topological polar surface area (TPSA) is 87.7 Å². The number of nitrogens with zero attached hydrogens (tertiary/aromatic N) is 2. The minimum Gasteiger partial charge on any atom is -0.465 e. The van der Waals surface area contributed by atoms with E-state index in [-0.39, 0.29) is 12.1 Å².